The second-order valence-electron chi connectivity index (χ2n) is 8.54. The highest BCUT2D eigenvalue weighted by Gasteiger charge is 2.51. The number of esters is 3. The number of nitrogens with one attached hydrogen (secondary N) is 1. The maximum atomic E-state index is 13.1. The second-order valence-corrected chi connectivity index (χ2v) is 8.54. The predicted octanol–water partition coefficient (Wildman–Crippen LogP) is 4.16. The topological polar surface area (TPSA) is 117 Å². The van der Waals surface area contributed by atoms with Gasteiger partial charge in [0.05, 0.1) is 22.4 Å². The number of rotatable bonds is 8. The van der Waals surface area contributed by atoms with E-state index in [1.165, 1.54) is 6.20 Å². The Kier molecular flexibility index (Phi) is 7.56. The zero-order valence-corrected chi connectivity index (χ0v) is 20.1. The summed E-state index contributed by atoms with van der Waals surface area (Å²) in [6, 6.07) is 27.0. The Morgan fingerprint density at radius 3 is 1.68 bits per heavy atom. The highest BCUT2D eigenvalue weighted by atomic mass is 16.6. The molecule has 2 heterocycles. The SMILES string of the molecule is O=C(OC[C@H]1OC(c2ccn[nH]2)[C@H](OC(=O)c2ccccc2)[C@@H]1OC(=O)c1ccccc1)c1ccccc1. The van der Waals surface area contributed by atoms with E-state index in [4.69, 9.17) is 18.9 Å². The Bertz CT molecular complexity index is 1360. The molecule has 0 bridgehead atoms. The fourth-order valence-electron chi connectivity index (χ4n) is 4.16. The van der Waals surface area contributed by atoms with Crippen LogP contribution in [0.4, 0.5) is 0 Å². The lowest BCUT2D eigenvalue weighted by atomic mass is 10.0. The van der Waals surface area contributed by atoms with E-state index in [2.05, 4.69) is 10.2 Å². The van der Waals surface area contributed by atoms with Crippen molar-refractivity contribution >= 4 is 17.9 Å². The molecule has 4 atom stereocenters. The third-order valence-corrected chi connectivity index (χ3v) is 6.03. The molecule has 1 aliphatic heterocycles. The van der Waals surface area contributed by atoms with Crippen molar-refractivity contribution in [3.63, 3.8) is 0 Å². The number of nitrogens with zero attached hydrogens (tertiary/aromatic N) is 1. The van der Waals surface area contributed by atoms with Gasteiger partial charge in [0, 0.05) is 6.20 Å². The molecule has 1 N–H and O–H groups in total. The van der Waals surface area contributed by atoms with Crippen LogP contribution in [-0.4, -0.2) is 53.0 Å². The lowest BCUT2D eigenvalue weighted by molar-refractivity contribution is -0.0452. The molecule has 38 heavy (non-hydrogen) atoms. The van der Waals surface area contributed by atoms with Gasteiger partial charge in [0.15, 0.2) is 12.2 Å². The van der Waals surface area contributed by atoms with Crippen molar-refractivity contribution in [3.05, 3.63) is 126 Å². The van der Waals surface area contributed by atoms with E-state index in [1.807, 2.05) is 0 Å². The standard InChI is InChI=1S/C29H24N2O7/c32-27(19-10-4-1-5-11-19)35-18-23-25(37-28(33)20-12-6-2-7-13-20)26(24(36-23)22-16-17-30-31-22)38-29(34)21-14-8-3-9-15-21/h1-17,23-26H,18H2,(H,30,31)/t23-,24?,25-,26+/m1/s1. The minimum Gasteiger partial charge on any atom is -0.459 e. The molecule has 1 saturated heterocycles. The first-order chi connectivity index (χ1) is 18.6. The van der Waals surface area contributed by atoms with E-state index in [0.29, 0.717) is 22.4 Å². The minimum absolute atomic E-state index is 0.246. The number of aromatic amines is 1. The fraction of sp³-hybridized carbons (Fsp3) is 0.172. The summed E-state index contributed by atoms with van der Waals surface area (Å²) >= 11 is 0. The van der Waals surface area contributed by atoms with E-state index in [0.717, 1.165) is 0 Å². The smallest absolute Gasteiger partial charge is 0.338 e. The Labute approximate surface area is 218 Å². The van der Waals surface area contributed by atoms with Crippen LogP contribution in [0, 0.1) is 0 Å². The molecule has 5 rings (SSSR count). The van der Waals surface area contributed by atoms with Gasteiger partial charge in [-0.2, -0.15) is 5.10 Å². The molecule has 0 aliphatic carbocycles. The van der Waals surface area contributed by atoms with Gasteiger partial charge in [-0.1, -0.05) is 54.6 Å². The summed E-state index contributed by atoms with van der Waals surface area (Å²) in [5.74, 6) is -1.82. The van der Waals surface area contributed by atoms with Crippen molar-refractivity contribution in [2.75, 3.05) is 6.61 Å². The van der Waals surface area contributed by atoms with Gasteiger partial charge in [0.2, 0.25) is 0 Å². The molecule has 0 saturated carbocycles. The summed E-state index contributed by atoms with van der Waals surface area (Å²) in [7, 11) is 0. The van der Waals surface area contributed by atoms with Gasteiger partial charge in [-0.05, 0) is 42.5 Å². The number of ether oxygens (including phenoxy) is 4. The Balaban J connectivity index is 1.43. The molecule has 9 nitrogen and oxygen atoms in total. The van der Waals surface area contributed by atoms with Gasteiger partial charge in [-0.25, -0.2) is 14.4 Å². The van der Waals surface area contributed by atoms with Crippen LogP contribution >= 0.6 is 0 Å². The molecule has 192 valence electrons. The number of benzene rings is 3. The number of H-pyrrole nitrogens is 1. The third kappa shape index (κ3) is 5.63. The van der Waals surface area contributed by atoms with Crippen LogP contribution in [0.25, 0.3) is 0 Å². The van der Waals surface area contributed by atoms with Crippen molar-refractivity contribution < 1.29 is 33.3 Å². The van der Waals surface area contributed by atoms with Crippen molar-refractivity contribution in [2.45, 2.75) is 24.4 Å². The van der Waals surface area contributed by atoms with Crippen LogP contribution in [0.2, 0.25) is 0 Å². The molecule has 0 amide bonds. The summed E-state index contributed by atoms with van der Waals surface area (Å²) in [6.45, 7) is -0.246. The molecular weight excluding hydrogens is 488 g/mol. The van der Waals surface area contributed by atoms with Crippen LogP contribution in [0.3, 0.4) is 0 Å². The highest BCUT2D eigenvalue weighted by Crippen LogP contribution is 2.37. The number of carbonyl (C=O) groups excluding carboxylic acids is 3. The van der Waals surface area contributed by atoms with E-state index in [1.54, 1.807) is 97.1 Å². The van der Waals surface area contributed by atoms with Crippen molar-refractivity contribution in [1.82, 2.24) is 10.2 Å². The maximum Gasteiger partial charge on any atom is 0.338 e. The molecule has 3 aromatic carbocycles. The zero-order valence-electron chi connectivity index (χ0n) is 20.1. The Morgan fingerprint density at radius 2 is 1.18 bits per heavy atom. The zero-order chi connectivity index (χ0) is 26.3. The number of aromatic nitrogens is 2. The molecule has 9 heteroatoms. The first-order valence-electron chi connectivity index (χ1n) is 12.0. The van der Waals surface area contributed by atoms with Gasteiger partial charge in [-0.15, -0.1) is 0 Å². The average Bonchev–Trinajstić information content (AvgIpc) is 3.62. The quantitative estimate of drug-likeness (QED) is 0.276. The molecule has 4 aromatic rings. The van der Waals surface area contributed by atoms with Gasteiger partial charge in [0.1, 0.15) is 18.8 Å². The predicted molar refractivity (Wildman–Crippen MR) is 134 cm³/mol. The van der Waals surface area contributed by atoms with Gasteiger partial charge < -0.3 is 18.9 Å². The number of carbonyl (C=O) groups is 3. The maximum absolute atomic E-state index is 13.1. The van der Waals surface area contributed by atoms with Crippen LogP contribution < -0.4 is 0 Å². The third-order valence-electron chi connectivity index (χ3n) is 6.03. The van der Waals surface area contributed by atoms with Crippen LogP contribution in [0.1, 0.15) is 42.9 Å². The van der Waals surface area contributed by atoms with Gasteiger partial charge >= 0.3 is 17.9 Å². The average molecular weight is 513 g/mol. The highest BCUT2D eigenvalue weighted by molar-refractivity contribution is 5.91. The minimum atomic E-state index is -1.09. The Morgan fingerprint density at radius 1 is 0.684 bits per heavy atom. The lowest BCUT2D eigenvalue weighted by Crippen LogP contribution is -2.40. The normalized spacial score (nSPS) is 20.4. The summed E-state index contributed by atoms with van der Waals surface area (Å²) in [6.07, 6.45) is -2.41. The van der Waals surface area contributed by atoms with Gasteiger partial charge in [0.25, 0.3) is 0 Å². The monoisotopic (exact) mass is 512 g/mol. The van der Waals surface area contributed by atoms with E-state index >= 15 is 0 Å². The molecule has 1 aliphatic rings. The molecule has 0 spiro atoms. The second kappa shape index (κ2) is 11.5. The van der Waals surface area contributed by atoms with Crippen molar-refractivity contribution in [2.24, 2.45) is 0 Å². The first-order valence-corrected chi connectivity index (χ1v) is 12.0. The molecule has 1 aromatic heterocycles. The number of hydrogen-bond donors (Lipinski definition) is 1. The van der Waals surface area contributed by atoms with E-state index in [-0.39, 0.29) is 6.61 Å². The van der Waals surface area contributed by atoms with Crippen LogP contribution in [0.15, 0.2) is 103 Å². The summed E-state index contributed by atoms with van der Waals surface area (Å²) in [4.78, 5) is 38.7. The summed E-state index contributed by atoms with van der Waals surface area (Å²) < 4.78 is 23.4. The Hall–Kier alpha value is -4.76. The number of hydrogen-bond acceptors (Lipinski definition) is 8. The van der Waals surface area contributed by atoms with E-state index < -0.39 is 42.3 Å². The van der Waals surface area contributed by atoms with E-state index in [9.17, 15) is 14.4 Å². The summed E-state index contributed by atoms with van der Waals surface area (Å²) in [5, 5.41) is 6.80. The fourth-order valence-corrected chi connectivity index (χ4v) is 4.16. The first kappa shape index (κ1) is 24.9. The van der Waals surface area contributed by atoms with Crippen molar-refractivity contribution in [1.29, 1.82) is 0 Å². The molecule has 1 fully saturated rings. The van der Waals surface area contributed by atoms with Crippen LogP contribution in [0.5, 0.6) is 0 Å². The van der Waals surface area contributed by atoms with Gasteiger partial charge in [-0.3, -0.25) is 5.10 Å². The largest absolute Gasteiger partial charge is 0.459 e. The molecular formula is C29H24N2O7. The van der Waals surface area contributed by atoms with Crippen LogP contribution in [-0.2, 0) is 18.9 Å². The lowest BCUT2D eigenvalue weighted by Gasteiger charge is -2.24. The van der Waals surface area contributed by atoms with Crippen molar-refractivity contribution in [3.8, 4) is 0 Å². The molecule has 0 radical (unpaired) electrons. The molecule has 1 unspecified atom stereocenters. The summed E-state index contributed by atoms with van der Waals surface area (Å²) in [5.41, 5.74) is 1.50.